The molecule has 1 heterocycles. The molecule has 1 N–H and O–H groups in total. The summed E-state index contributed by atoms with van der Waals surface area (Å²) in [4.78, 5) is 4.15. The van der Waals surface area contributed by atoms with Crippen molar-refractivity contribution in [2.75, 3.05) is 7.11 Å². The van der Waals surface area contributed by atoms with Crippen LogP contribution in [0.15, 0.2) is 29.0 Å². The van der Waals surface area contributed by atoms with Gasteiger partial charge in [-0.05, 0) is 18.2 Å². The molecule has 2 aromatic rings. The van der Waals surface area contributed by atoms with Crippen LogP contribution in [-0.4, -0.2) is 18.1 Å². The summed E-state index contributed by atoms with van der Waals surface area (Å²) in [6, 6.07) is 5.06. The average molecular weight is 264 g/mol. The van der Waals surface area contributed by atoms with Crippen molar-refractivity contribution >= 4 is 0 Å². The highest BCUT2D eigenvalue weighted by molar-refractivity contribution is 5.61. The Morgan fingerprint density at radius 2 is 2.21 bits per heavy atom. The smallest absolute Gasteiger partial charge is 0.181 e. The first kappa shape index (κ1) is 13.5. The third-order valence-electron chi connectivity index (χ3n) is 2.73. The summed E-state index contributed by atoms with van der Waals surface area (Å²) in [5.41, 5.74) is 1.41. The number of nitrogens with zero attached hydrogens (tertiary/aromatic N) is 1. The number of hydrogen-bond acceptors (Lipinski definition) is 4. The standard InChI is InChI=1S/C14H17FN2O2/c1-9(2)16-7-12-14(19-8-17-12)10-4-5-13(18-3)11(15)6-10/h4-6,8-9,16H,7H2,1-3H3. The van der Waals surface area contributed by atoms with E-state index < -0.39 is 5.82 Å². The lowest BCUT2D eigenvalue weighted by Gasteiger charge is -2.08. The summed E-state index contributed by atoms with van der Waals surface area (Å²) in [7, 11) is 1.44. The van der Waals surface area contributed by atoms with Gasteiger partial charge in [0.2, 0.25) is 0 Å². The number of halogens is 1. The van der Waals surface area contributed by atoms with E-state index in [2.05, 4.69) is 10.3 Å². The highest BCUT2D eigenvalue weighted by Crippen LogP contribution is 2.27. The summed E-state index contributed by atoms with van der Waals surface area (Å²) in [6.07, 6.45) is 1.37. The Morgan fingerprint density at radius 3 is 2.84 bits per heavy atom. The molecule has 1 aromatic heterocycles. The normalized spacial score (nSPS) is 11.0. The Hall–Kier alpha value is -1.88. The van der Waals surface area contributed by atoms with Gasteiger partial charge in [0.25, 0.3) is 0 Å². The van der Waals surface area contributed by atoms with Gasteiger partial charge < -0.3 is 14.5 Å². The molecule has 5 heteroatoms. The fourth-order valence-corrected chi connectivity index (χ4v) is 1.74. The summed E-state index contributed by atoms with van der Waals surface area (Å²) >= 11 is 0. The van der Waals surface area contributed by atoms with E-state index in [4.69, 9.17) is 9.15 Å². The molecule has 1 aromatic carbocycles. The summed E-state index contributed by atoms with van der Waals surface area (Å²) in [5.74, 6) is 0.374. The van der Waals surface area contributed by atoms with Gasteiger partial charge in [0.1, 0.15) is 5.69 Å². The van der Waals surface area contributed by atoms with Crippen LogP contribution < -0.4 is 10.1 Å². The van der Waals surface area contributed by atoms with E-state index in [0.717, 1.165) is 5.69 Å². The van der Waals surface area contributed by atoms with Crippen molar-refractivity contribution in [3.8, 4) is 17.1 Å². The predicted octanol–water partition coefficient (Wildman–Crippen LogP) is 2.99. The highest BCUT2D eigenvalue weighted by Gasteiger charge is 2.13. The molecule has 0 aliphatic rings. The number of methoxy groups -OCH3 is 1. The molecule has 0 spiro atoms. The zero-order valence-corrected chi connectivity index (χ0v) is 11.2. The van der Waals surface area contributed by atoms with Crippen LogP contribution in [0.3, 0.4) is 0 Å². The fourth-order valence-electron chi connectivity index (χ4n) is 1.74. The molecule has 0 amide bonds. The van der Waals surface area contributed by atoms with E-state index >= 15 is 0 Å². The molecule has 0 aliphatic carbocycles. The maximum atomic E-state index is 13.7. The van der Waals surface area contributed by atoms with Gasteiger partial charge in [-0.3, -0.25) is 0 Å². The Kier molecular flexibility index (Phi) is 4.16. The van der Waals surface area contributed by atoms with Crippen molar-refractivity contribution in [1.82, 2.24) is 10.3 Å². The zero-order chi connectivity index (χ0) is 13.8. The number of nitrogens with one attached hydrogen (secondary N) is 1. The quantitative estimate of drug-likeness (QED) is 0.901. The van der Waals surface area contributed by atoms with Crippen LogP contribution in [-0.2, 0) is 6.54 Å². The monoisotopic (exact) mass is 264 g/mol. The zero-order valence-electron chi connectivity index (χ0n) is 11.2. The molecule has 0 saturated carbocycles. The summed E-state index contributed by atoms with van der Waals surface area (Å²) in [6.45, 7) is 4.68. The lowest BCUT2D eigenvalue weighted by atomic mass is 10.1. The van der Waals surface area contributed by atoms with Gasteiger partial charge in [-0.1, -0.05) is 13.8 Å². The predicted molar refractivity (Wildman–Crippen MR) is 70.4 cm³/mol. The lowest BCUT2D eigenvalue weighted by Crippen LogP contribution is -2.22. The molecular weight excluding hydrogens is 247 g/mol. The highest BCUT2D eigenvalue weighted by atomic mass is 19.1. The van der Waals surface area contributed by atoms with Crippen LogP contribution >= 0.6 is 0 Å². The number of rotatable bonds is 5. The minimum absolute atomic E-state index is 0.213. The number of aromatic nitrogens is 1. The van der Waals surface area contributed by atoms with Crippen LogP contribution in [0.25, 0.3) is 11.3 Å². The SMILES string of the molecule is COc1ccc(-c2ocnc2CNC(C)C)cc1F. The van der Waals surface area contributed by atoms with Gasteiger partial charge in [0.15, 0.2) is 23.7 Å². The third kappa shape index (κ3) is 3.12. The maximum absolute atomic E-state index is 13.7. The van der Waals surface area contributed by atoms with Crippen molar-refractivity contribution in [2.24, 2.45) is 0 Å². The Morgan fingerprint density at radius 1 is 1.42 bits per heavy atom. The minimum atomic E-state index is -0.417. The number of ether oxygens (including phenoxy) is 1. The molecule has 0 fully saturated rings. The Bertz CT molecular complexity index is 552. The van der Waals surface area contributed by atoms with Crippen LogP contribution in [0.2, 0.25) is 0 Å². The van der Waals surface area contributed by atoms with Crippen molar-refractivity contribution < 1.29 is 13.5 Å². The molecule has 0 aliphatic heterocycles. The first-order chi connectivity index (χ1) is 9.11. The second-order valence-electron chi connectivity index (χ2n) is 4.51. The first-order valence-electron chi connectivity index (χ1n) is 6.11. The molecule has 0 bridgehead atoms. The molecule has 102 valence electrons. The number of benzene rings is 1. The van der Waals surface area contributed by atoms with Crippen molar-refractivity contribution in [1.29, 1.82) is 0 Å². The summed E-state index contributed by atoms with van der Waals surface area (Å²) < 4.78 is 23.9. The molecule has 4 nitrogen and oxygen atoms in total. The molecular formula is C14H17FN2O2. The number of hydrogen-bond donors (Lipinski definition) is 1. The molecule has 0 radical (unpaired) electrons. The molecule has 0 unspecified atom stereocenters. The average Bonchev–Trinajstić information content (AvgIpc) is 2.84. The van der Waals surface area contributed by atoms with Crippen LogP contribution in [0.5, 0.6) is 5.75 Å². The van der Waals surface area contributed by atoms with E-state index in [-0.39, 0.29) is 5.75 Å². The van der Waals surface area contributed by atoms with E-state index in [9.17, 15) is 4.39 Å². The minimum Gasteiger partial charge on any atom is -0.494 e. The van der Waals surface area contributed by atoms with Crippen LogP contribution in [0.1, 0.15) is 19.5 Å². The molecule has 0 saturated heterocycles. The topological polar surface area (TPSA) is 47.3 Å². The molecule has 2 rings (SSSR count). The lowest BCUT2D eigenvalue weighted by molar-refractivity contribution is 0.386. The third-order valence-corrected chi connectivity index (χ3v) is 2.73. The largest absolute Gasteiger partial charge is 0.494 e. The van der Waals surface area contributed by atoms with Crippen LogP contribution in [0, 0.1) is 5.82 Å². The first-order valence-corrected chi connectivity index (χ1v) is 6.11. The van der Waals surface area contributed by atoms with Gasteiger partial charge in [0, 0.05) is 18.2 Å². The fraction of sp³-hybridized carbons (Fsp3) is 0.357. The van der Waals surface area contributed by atoms with Gasteiger partial charge in [-0.25, -0.2) is 9.37 Å². The Labute approximate surface area is 111 Å². The van der Waals surface area contributed by atoms with Crippen LogP contribution in [0.4, 0.5) is 4.39 Å². The van der Waals surface area contributed by atoms with E-state index in [1.807, 2.05) is 13.8 Å². The van der Waals surface area contributed by atoms with Crippen molar-refractivity contribution in [3.05, 3.63) is 36.1 Å². The van der Waals surface area contributed by atoms with E-state index in [1.54, 1.807) is 12.1 Å². The molecule has 0 atom stereocenters. The summed E-state index contributed by atoms with van der Waals surface area (Å²) in [5, 5.41) is 3.25. The van der Waals surface area contributed by atoms with Gasteiger partial charge in [0.05, 0.1) is 7.11 Å². The van der Waals surface area contributed by atoms with Gasteiger partial charge in [-0.2, -0.15) is 0 Å². The van der Waals surface area contributed by atoms with E-state index in [0.29, 0.717) is 23.9 Å². The molecule has 19 heavy (non-hydrogen) atoms. The van der Waals surface area contributed by atoms with Crippen molar-refractivity contribution in [3.63, 3.8) is 0 Å². The van der Waals surface area contributed by atoms with Gasteiger partial charge in [-0.15, -0.1) is 0 Å². The van der Waals surface area contributed by atoms with E-state index in [1.165, 1.54) is 19.6 Å². The van der Waals surface area contributed by atoms with Gasteiger partial charge >= 0.3 is 0 Å². The number of oxazole rings is 1. The Balaban J connectivity index is 2.27. The second kappa shape index (κ2) is 5.84. The maximum Gasteiger partial charge on any atom is 0.181 e. The second-order valence-corrected chi connectivity index (χ2v) is 4.51. The van der Waals surface area contributed by atoms with Crippen molar-refractivity contribution in [2.45, 2.75) is 26.4 Å².